The quantitative estimate of drug-likeness (QED) is 0.318. The van der Waals surface area contributed by atoms with E-state index in [9.17, 15) is 21.6 Å². The van der Waals surface area contributed by atoms with Crippen molar-refractivity contribution in [2.45, 2.75) is 13.0 Å². The van der Waals surface area contributed by atoms with E-state index in [1.54, 1.807) is 4.83 Å². The van der Waals surface area contributed by atoms with Gasteiger partial charge in [-0.25, -0.2) is 26.4 Å². The maximum Gasteiger partial charge on any atom is 0.323 e. The second kappa shape index (κ2) is 6.66. The van der Waals surface area contributed by atoms with Crippen molar-refractivity contribution in [1.82, 2.24) is 9.55 Å². The van der Waals surface area contributed by atoms with Crippen LogP contribution in [0.2, 0.25) is 0 Å². The Morgan fingerprint density at radius 3 is 2.39 bits per heavy atom. The summed E-state index contributed by atoms with van der Waals surface area (Å²) in [6, 6.07) is -1.03. The maximum absolute atomic E-state index is 11.4. The smallest absolute Gasteiger partial charge is 0.323 e. The van der Waals surface area contributed by atoms with Gasteiger partial charge in [0.05, 0.1) is 13.4 Å². The number of sulfonamides is 2. The van der Waals surface area contributed by atoms with E-state index in [-0.39, 0.29) is 0 Å². The number of ether oxygens (including phenoxy) is 1. The van der Waals surface area contributed by atoms with Gasteiger partial charge >= 0.3 is 5.97 Å². The van der Waals surface area contributed by atoms with Crippen LogP contribution in [0.25, 0.3) is 0 Å². The van der Waals surface area contributed by atoms with Crippen LogP contribution in [0.5, 0.6) is 0 Å². The minimum Gasteiger partial charge on any atom is -0.468 e. The molecule has 0 saturated carbocycles. The summed E-state index contributed by atoms with van der Waals surface area (Å²) in [6.45, 7) is 1.31. The van der Waals surface area contributed by atoms with Crippen LogP contribution in [0.4, 0.5) is 0 Å². The maximum atomic E-state index is 11.4. The fraction of sp³-hybridized carbons (Fsp3) is 0.714. The predicted molar refractivity (Wildman–Crippen MR) is 64.9 cm³/mol. The number of nitrogens with one attached hydrogen (secondary N) is 2. The third-order valence-electron chi connectivity index (χ3n) is 1.51. The van der Waals surface area contributed by atoms with Gasteiger partial charge in [-0.3, -0.25) is 4.79 Å². The Balaban J connectivity index is 4.38. The molecule has 0 aliphatic rings. The first-order valence-corrected chi connectivity index (χ1v) is 8.18. The number of methoxy groups -OCH3 is 1. The molecule has 1 unspecified atom stereocenters. The van der Waals surface area contributed by atoms with Gasteiger partial charge in [-0.15, -0.1) is 0 Å². The molecule has 0 rings (SSSR count). The Hall–Kier alpha value is -1.20. The van der Waals surface area contributed by atoms with E-state index in [0.29, 0.717) is 0 Å². The Morgan fingerprint density at radius 2 is 1.94 bits per heavy atom. The normalized spacial score (nSPS) is 14.4. The zero-order valence-corrected chi connectivity index (χ0v) is 11.7. The molecule has 18 heavy (non-hydrogen) atoms. The summed E-state index contributed by atoms with van der Waals surface area (Å²) < 4.78 is 50.4. The topological polar surface area (TPSA) is 131 Å². The van der Waals surface area contributed by atoms with Crippen molar-refractivity contribution in [3.05, 3.63) is 0 Å². The Labute approximate surface area is 106 Å². The summed E-state index contributed by atoms with van der Waals surface area (Å²) in [6.07, 6.45) is 1.73. The fourth-order valence-corrected chi connectivity index (χ4v) is 2.08. The number of rotatable bonds is 7. The van der Waals surface area contributed by atoms with E-state index in [4.69, 9.17) is 0 Å². The minimum absolute atomic E-state index is 0.573. The fourth-order valence-electron chi connectivity index (χ4n) is 0.811. The molecule has 0 aromatic carbocycles. The van der Waals surface area contributed by atoms with Gasteiger partial charge in [-0.1, -0.05) is 0 Å². The number of carbonyl (C=O) groups excluding carboxylic acids is 1. The van der Waals surface area contributed by atoms with Gasteiger partial charge in [-0.05, 0) is 6.92 Å². The number of hydrogen-bond acceptors (Lipinski definition) is 7. The number of hydrazone groups is 1. The van der Waals surface area contributed by atoms with Crippen LogP contribution in [0.15, 0.2) is 5.10 Å². The monoisotopic (exact) mass is 301 g/mol. The molecular weight excluding hydrogens is 286 g/mol. The molecule has 106 valence electrons. The van der Waals surface area contributed by atoms with Crippen molar-refractivity contribution in [3.63, 3.8) is 0 Å². The van der Waals surface area contributed by atoms with E-state index in [1.807, 2.05) is 4.72 Å². The first-order chi connectivity index (χ1) is 8.07. The second-order valence-electron chi connectivity index (χ2n) is 3.32. The van der Waals surface area contributed by atoms with Gasteiger partial charge in [0.15, 0.2) is 0 Å². The number of nitrogens with zero attached hydrogens (tertiary/aromatic N) is 1. The van der Waals surface area contributed by atoms with Crippen LogP contribution in [0.1, 0.15) is 6.92 Å². The average Bonchev–Trinajstić information content (AvgIpc) is 2.21. The lowest BCUT2D eigenvalue weighted by Gasteiger charge is -2.10. The molecule has 0 aromatic heterocycles. The largest absolute Gasteiger partial charge is 0.468 e. The van der Waals surface area contributed by atoms with Crippen molar-refractivity contribution in [2.75, 3.05) is 19.1 Å². The molecule has 0 heterocycles. The summed E-state index contributed by atoms with van der Waals surface area (Å²) in [7, 11) is -6.18. The highest BCUT2D eigenvalue weighted by Gasteiger charge is 2.19. The lowest BCUT2D eigenvalue weighted by molar-refractivity contribution is -0.142. The van der Waals surface area contributed by atoms with E-state index >= 15 is 0 Å². The highest BCUT2D eigenvalue weighted by Crippen LogP contribution is 1.91. The zero-order valence-electron chi connectivity index (χ0n) is 10.1. The second-order valence-corrected chi connectivity index (χ2v) is 6.84. The van der Waals surface area contributed by atoms with E-state index in [1.165, 1.54) is 6.92 Å². The van der Waals surface area contributed by atoms with Crippen molar-refractivity contribution in [3.8, 4) is 0 Å². The SMILES string of the molecule is COC(=O)C(C)NS(=O)(=O)C/C=N/NS(C)(=O)=O. The van der Waals surface area contributed by atoms with Gasteiger partial charge < -0.3 is 4.74 Å². The van der Waals surface area contributed by atoms with E-state index < -0.39 is 37.8 Å². The molecule has 0 amide bonds. The molecule has 0 aliphatic carbocycles. The highest BCUT2D eigenvalue weighted by molar-refractivity contribution is 7.90. The van der Waals surface area contributed by atoms with E-state index in [2.05, 4.69) is 9.84 Å². The minimum atomic E-state index is -3.79. The molecule has 0 aromatic rings. The Bertz CT molecular complexity index is 509. The number of esters is 1. The standard InChI is InChI=1S/C7H15N3O6S2/c1-6(7(11)16-2)9-18(14,15)5-4-8-10-17(3,12)13/h4,6,9-10H,5H2,1-3H3/b8-4+. The predicted octanol–water partition coefficient (Wildman–Crippen LogP) is -2.00. The lowest BCUT2D eigenvalue weighted by atomic mass is 10.4. The van der Waals surface area contributed by atoms with Gasteiger partial charge in [0.2, 0.25) is 20.0 Å². The van der Waals surface area contributed by atoms with Gasteiger partial charge in [0, 0.05) is 6.21 Å². The summed E-state index contributed by atoms with van der Waals surface area (Å²) in [4.78, 5) is 12.7. The van der Waals surface area contributed by atoms with Crippen molar-refractivity contribution in [1.29, 1.82) is 0 Å². The Kier molecular flexibility index (Phi) is 6.21. The van der Waals surface area contributed by atoms with Crippen LogP contribution in [0, 0.1) is 0 Å². The van der Waals surface area contributed by atoms with Crippen LogP contribution >= 0.6 is 0 Å². The van der Waals surface area contributed by atoms with Crippen molar-refractivity contribution < 1.29 is 26.4 Å². The molecule has 0 bridgehead atoms. The summed E-state index contributed by atoms with van der Waals surface area (Å²) in [5.74, 6) is -1.30. The highest BCUT2D eigenvalue weighted by atomic mass is 32.2. The van der Waals surface area contributed by atoms with Gasteiger partial charge in [0.1, 0.15) is 11.8 Å². The van der Waals surface area contributed by atoms with Crippen LogP contribution in [0.3, 0.4) is 0 Å². The van der Waals surface area contributed by atoms with Crippen LogP contribution < -0.4 is 9.55 Å². The molecule has 0 aliphatic heterocycles. The zero-order chi connectivity index (χ0) is 14.4. The third-order valence-corrected chi connectivity index (χ3v) is 3.25. The first-order valence-electron chi connectivity index (χ1n) is 4.63. The van der Waals surface area contributed by atoms with Crippen LogP contribution in [-0.4, -0.2) is 54.2 Å². The average molecular weight is 301 g/mol. The summed E-state index contributed by atoms with van der Waals surface area (Å²) in [5.41, 5.74) is 0. The molecule has 1 atom stereocenters. The summed E-state index contributed by atoms with van der Waals surface area (Å²) >= 11 is 0. The first kappa shape index (κ1) is 16.8. The summed E-state index contributed by atoms with van der Waals surface area (Å²) in [5, 5.41) is 3.20. The Morgan fingerprint density at radius 1 is 1.39 bits per heavy atom. The molecule has 0 spiro atoms. The third kappa shape index (κ3) is 7.97. The molecular formula is C7H15N3O6S2. The molecule has 2 N–H and O–H groups in total. The van der Waals surface area contributed by atoms with Crippen molar-refractivity contribution in [2.24, 2.45) is 5.10 Å². The number of carbonyl (C=O) groups is 1. The lowest BCUT2D eigenvalue weighted by Crippen LogP contribution is -2.40. The molecule has 11 heteroatoms. The van der Waals surface area contributed by atoms with E-state index in [0.717, 1.165) is 19.6 Å². The van der Waals surface area contributed by atoms with Gasteiger partial charge in [0.25, 0.3) is 0 Å². The molecule has 9 nitrogen and oxygen atoms in total. The van der Waals surface area contributed by atoms with Crippen LogP contribution in [-0.2, 0) is 29.6 Å². The van der Waals surface area contributed by atoms with Crippen molar-refractivity contribution >= 4 is 32.2 Å². The molecule has 0 saturated heterocycles. The number of hydrogen-bond donors (Lipinski definition) is 2. The van der Waals surface area contributed by atoms with Gasteiger partial charge in [-0.2, -0.15) is 5.10 Å². The molecule has 0 fully saturated rings. The molecule has 0 radical (unpaired) electrons.